The van der Waals surface area contributed by atoms with Crippen molar-refractivity contribution in [2.75, 3.05) is 0 Å². The summed E-state index contributed by atoms with van der Waals surface area (Å²) >= 11 is 0. The fourth-order valence-electron chi connectivity index (χ4n) is 2.87. The smallest absolute Gasteiger partial charge is 0.416 e. The van der Waals surface area contributed by atoms with Crippen LogP contribution in [0.25, 0.3) is 11.6 Å². The molecule has 0 aliphatic carbocycles. The SMILES string of the molecule is N#C/C(=C\c1ccc(C(F)(F)F)cc1)c1ccc(Oc2ccc(C(F)(F)F)cc2[N+](=O)[O-])cc1. The Morgan fingerprint density at radius 2 is 1.44 bits per heavy atom. The highest BCUT2D eigenvalue weighted by Gasteiger charge is 2.33. The van der Waals surface area contributed by atoms with Gasteiger partial charge in [-0.2, -0.15) is 31.6 Å². The fraction of sp³-hybridized carbons (Fsp3) is 0.0870. The van der Waals surface area contributed by atoms with Gasteiger partial charge in [-0.1, -0.05) is 12.1 Å². The Kier molecular flexibility index (Phi) is 6.63. The van der Waals surface area contributed by atoms with Crippen molar-refractivity contribution in [2.24, 2.45) is 0 Å². The van der Waals surface area contributed by atoms with Crippen LogP contribution in [0.15, 0.2) is 66.7 Å². The van der Waals surface area contributed by atoms with Gasteiger partial charge in [0.1, 0.15) is 5.75 Å². The molecule has 0 aliphatic heterocycles. The lowest BCUT2D eigenvalue weighted by Gasteiger charge is -2.10. The summed E-state index contributed by atoms with van der Waals surface area (Å²) in [6.45, 7) is 0. The van der Waals surface area contributed by atoms with Crippen LogP contribution in [0.4, 0.5) is 32.0 Å². The van der Waals surface area contributed by atoms with Crippen LogP contribution in [0.1, 0.15) is 22.3 Å². The quantitative estimate of drug-likeness (QED) is 0.125. The van der Waals surface area contributed by atoms with Gasteiger partial charge in [0.15, 0.2) is 0 Å². The van der Waals surface area contributed by atoms with E-state index in [4.69, 9.17) is 4.74 Å². The van der Waals surface area contributed by atoms with Gasteiger partial charge in [-0.25, -0.2) is 0 Å². The Balaban J connectivity index is 1.84. The molecule has 0 fully saturated rings. The lowest BCUT2D eigenvalue weighted by atomic mass is 10.0. The summed E-state index contributed by atoms with van der Waals surface area (Å²) in [5, 5.41) is 20.6. The Hall–Kier alpha value is -4.33. The van der Waals surface area contributed by atoms with E-state index < -0.39 is 39.8 Å². The molecule has 0 unspecified atom stereocenters. The van der Waals surface area contributed by atoms with E-state index in [0.29, 0.717) is 23.3 Å². The molecular weight excluding hydrogens is 466 g/mol. The number of ether oxygens (including phenoxy) is 1. The fourth-order valence-corrected chi connectivity index (χ4v) is 2.87. The van der Waals surface area contributed by atoms with Gasteiger partial charge in [-0.3, -0.25) is 10.1 Å². The molecule has 174 valence electrons. The number of nitro benzene ring substituents is 1. The van der Waals surface area contributed by atoms with Crippen molar-refractivity contribution in [1.82, 2.24) is 0 Å². The summed E-state index contributed by atoms with van der Waals surface area (Å²) in [6, 6.07) is 13.5. The standard InChI is InChI=1S/C23H12F6N2O3/c24-22(25,26)17-5-1-14(2-6-17)11-16(13-30)15-3-8-19(9-4-15)34-21-10-7-18(23(27,28)29)12-20(21)31(32)33/h1-12H/b16-11+. The monoisotopic (exact) mass is 478 g/mol. The average molecular weight is 478 g/mol. The molecule has 0 amide bonds. The van der Waals surface area contributed by atoms with Crippen LogP contribution in [-0.2, 0) is 12.4 Å². The molecule has 3 aromatic rings. The molecule has 0 saturated carbocycles. The first-order chi connectivity index (χ1) is 15.9. The number of nitriles is 1. The summed E-state index contributed by atoms with van der Waals surface area (Å²) in [5.41, 5.74) is -2.07. The molecule has 3 aromatic carbocycles. The lowest BCUT2D eigenvalue weighted by Crippen LogP contribution is -2.06. The molecule has 0 atom stereocenters. The minimum Gasteiger partial charge on any atom is -0.450 e. The first kappa shape index (κ1) is 24.3. The molecule has 34 heavy (non-hydrogen) atoms. The second-order valence-electron chi connectivity index (χ2n) is 6.85. The highest BCUT2D eigenvalue weighted by atomic mass is 19.4. The minimum absolute atomic E-state index is 0.0541. The number of nitro groups is 1. The number of hydrogen-bond acceptors (Lipinski definition) is 4. The predicted octanol–water partition coefficient (Wildman–Crippen LogP) is 7.49. The molecule has 0 N–H and O–H groups in total. The average Bonchev–Trinajstić information content (AvgIpc) is 2.77. The van der Waals surface area contributed by atoms with E-state index in [1.807, 2.05) is 6.07 Å². The third-order valence-corrected chi connectivity index (χ3v) is 4.55. The maximum atomic E-state index is 12.8. The lowest BCUT2D eigenvalue weighted by molar-refractivity contribution is -0.385. The summed E-state index contributed by atoms with van der Waals surface area (Å²) < 4.78 is 81.9. The molecular formula is C23H12F6N2O3. The second-order valence-corrected chi connectivity index (χ2v) is 6.85. The molecule has 0 aromatic heterocycles. The second kappa shape index (κ2) is 9.27. The van der Waals surface area contributed by atoms with Gasteiger partial charge in [0.05, 0.1) is 27.7 Å². The van der Waals surface area contributed by atoms with Crippen LogP contribution in [-0.4, -0.2) is 4.92 Å². The number of nitrogens with zero attached hydrogens (tertiary/aromatic N) is 2. The largest absolute Gasteiger partial charge is 0.450 e. The molecule has 0 spiro atoms. The van der Waals surface area contributed by atoms with E-state index in [0.717, 1.165) is 18.2 Å². The van der Waals surface area contributed by atoms with Crippen molar-refractivity contribution in [2.45, 2.75) is 12.4 Å². The topological polar surface area (TPSA) is 76.2 Å². The zero-order valence-corrected chi connectivity index (χ0v) is 16.8. The Morgan fingerprint density at radius 1 is 0.882 bits per heavy atom. The van der Waals surface area contributed by atoms with Crippen molar-refractivity contribution in [3.63, 3.8) is 0 Å². The van der Waals surface area contributed by atoms with Gasteiger partial charge in [0.2, 0.25) is 5.75 Å². The van der Waals surface area contributed by atoms with E-state index in [-0.39, 0.29) is 11.3 Å². The summed E-state index contributed by atoms with van der Waals surface area (Å²) in [7, 11) is 0. The van der Waals surface area contributed by atoms with Crippen LogP contribution in [0, 0.1) is 21.4 Å². The Labute approximate surface area is 188 Å². The summed E-state index contributed by atoms with van der Waals surface area (Å²) in [6.07, 6.45) is -7.88. The number of halogens is 6. The van der Waals surface area contributed by atoms with Gasteiger partial charge in [0, 0.05) is 6.07 Å². The number of benzene rings is 3. The van der Waals surface area contributed by atoms with E-state index in [1.165, 1.54) is 42.5 Å². The molecule has 0 saturated heterocycles. The normalized spacial score (nSPS) is 12.2. The molecule has 0 aliphatic rings. The van der Waals surface area contributed by atoms with Gasteiger partial charge >= 0.3 is 18.0 Å². The summed E-state index contributed by atoms with van der Waals surface area (Å²) in [4.78, 5) is 10.2. The first-order valence-electron chi connectivity index (χ1n) is 9.31. The van der Waals surface area contributed by atoms with E-state index >= 15 is 0 Å². The van der Waals surface area contributed by atoms with Crippen molar-refractivity contribution in [1.29, 1.82) is 5.26 Å². The van der Waals surface area contributed by atoms with Crippen LogP contribution in [0.3, 0.4) is 0 Å². The van der Waals surface area contributed by atoms with Crippen LogP contribution in [0.5, 0.6) is 11.5 Å². The van der Waals surface area contributed by atoms with Gasteiger partial charge in [-0.15, -0.1) is 0 Å². The number of allylic oxidation sites excluding steroid dienone is 1. The van der Waals surface area contributed by atoms with Gasteiger partial charge < -0.3 is 4.74 Å². The number of hydrogen-bond donors (Lipinski definition) is 0. The predicted molar refractivity (Wildman–Crippen MR) is 110 cm³/mol. The molecule has 0 radical (unpaired) electrons. The van der Waals surface area contributed by atoms with Crippen LogP contribution >= 0.6 is 0 Å². The third kappa shape index (κ3) is 5.72. The molecule has 5 nitrogen and oxygen atoms in total. The zero-order valence-electron chi connectivity index (χ0n) is 16.8. The van der Waals surface area contributed by atoms with Crippen molar-refractivity contribution in [3.8, 4) is 17.6 Å². The van der Waals surface area contributed by atoms with Gasteiger partial charge in [-0.05, 0) is 65.7 Å². The highest BCUT2D eigenvalue weighted by molar-refractivity contribution is 5.89. The maximum absolute atomic E-state index is 12.8. The van der Waals surface area contributed by atoms with Crippen LogP contribution < -0.4 is 4.74 Å². The zero-order chi connectivity index (χ0) is 25.1. The molecule has 0 bridgehead atoms. The molecule has 3 rings (SSSR count). The van der Waals surface area contributed by atoms with Crippen molar-refractivity contribution in [3.05, 3.63) is 99.1 Å². The van der Waals surface area contributed by atoms with E-state index in [1.54, 1.807) is 0 Å². The number of rotatable bonds is 5. The first-order valence-corrected chi connectivity index (χ1v) is 9.31. The van der Waals surface area contributed by atoms with Crippen molar-refractivity contribution < 1.29 is 36.0 Å². The Bertz CT molecular complexity index is 1270. The van der Waals surface area contributed by atoms with Crippen LogP contribution in [0.2, 0.25) is 0 Å². The molecule has 0 heterocycles. The third-order valence-electron chi connectivity index (χ3n) is 4.55. The minimum atomic E-state index is -4.77. The van der Waals surface area contributed by atoms with Crippen molar-refractivity contribution >= 4 is 17.3 Å². The summed E-state index contributed by atoms with van der Waals surface area (Å²) in [5.74, 6) is -0.356. The highest BCUT2D eigenvalue weighted by Crippen LogP contribution is 2.38. The molecule has 11 heteroatoms. The van der Waals surface area contributed by atoms with E-state index in [9.17, 15) is 41.7 Å². The van der Waals surface area contributed by atoms with Gasteiger partial charge in [0.25, 0.3) is 0 Å². The Morgan fingerprint density at radius 3 is 1.94 bits per heavy atom. The maximum Gasteiger partial charge on any atom is 0.416 e. The van der Waals surface area contributed by atoms with E-state index in [2.05, 4.69) is 0 Å². The number of alkyl halides is 6.